The summed E-state index contributed by atoms with van der Waals surface area (Å²) in [5.41, 5.74) is 2.89. The fourth-order valence-electron chi connectivity index (χ4n) is 1.16. The summed E-state index contributed by atoms with van der Waals surface area (Å²) < 4.78 is 5.43. The largest absolute Gasteiger partial charge is 0.469 e. The first-order chi connectivity index (χ1) is 7.79. The predicted octanol–water partition coefficient (Wildman–Crippen LogP) is 1.42. The van der Waals surface area contributed by atoms with Crippen molar-refractivity contribution in [2.45, 2.75) is 20.0 Å². The summed E-state index contributed by atoms with van der Waals surface area (Å²) in [6.07, 6.45) is 0.824. The highest BCUT2D eigenvalue weighted by atomic mass is 32.1. The molecule has 2 aromatic rings. The van der Waals surface area contributed by atoms with Crippen molar-refractivity contribution in [3.8, 4) is 5.19 Å². The Morgan fingerprint density at radius 3 is 2.94 bits per heavy atom. The van der Waals surface area contributed by atoms with E-state index in [1.165, 1.54) is 16.2 Å². The van der Waals surface area contributed by atoms with Crippen LogP contribution in [0.1, 0.15) is 15.6 Å². The Morgan fingerprint density at radius 1 is 1.44 bits per heavy atom. The minimum absolute atomic E-state index is 0.0883. The van der Waals surface area contributed by atoms with Gasteiger partial charge in [-0.15, -0.1) is 16.4 Å². The molecule has 0 saturated carbocycles. The molecule has 1 N–H and O–H groups in total. The molecule has 0 aliphatic rings. The summed E-state index contributed by atoms with van der Waals surface area (Å²) in [6, 6.07) is 0. The van der Waals surface area contributed by atoms with Crippen molar-refractivity contribution in [3.05, 3.63) is 21.1 Å². The third-order valence-electron chi connectivity index (χ3n) is 1.98. The fourth-order valence-corrected chi connectivity index (χ4v) is 2.49. The van der Waals surface area contributed by atoms with Gasteiger partial charge in [-0.1, -0.05) is 16.4 Å². The van der Waals surface area contributed by atoms with Crippen molar-refractivity contribution in [2.75, 3.05) is 6.61 Å². The number of hydrogen-bond donors (Lipinski definition) is 1. The van der Waals surface area contributed by atoms with Crippen LogP contribution in [0.5, 0.6) is 5.19 Å². The van der Waals surface area contributed by atoms with Crippen LogP contribution in [0, 0.1) is 6.92 Å². The van der Waals surface area contributed by atoms with Crippen LogP contribution in [0.25, 0.3) is 0 Å². The molecule has 0 saturated heterocycles. The number of rotatable bonds is 5. The molecule has 0 aliphatic carbocycles. The lowest BCUT2D eigenvalue weighted by Crippen LogP contribution is -2.00. The summed E-state index contributed by atoms with van der Waals surface area (Å²) in [5.74, 6) is 0. The Kier molecular flexibility index (Phi) is 3.81. The van der Waals surface area contributed by atoms with E-state index in [2.05, 4.69) is 15.2 Å². The molecule has 0 bridgehead atoms. The quantitative estimate of drug-likeness (QED) is 0.877. The van der Waals surface area contributed by atoms with Crippen molar-refractivity contribution >= 4 is 22.7 Å². The van der Waals surface area contributed by atoms with Crippen LogP contribution in [0.3, 0.4) is 0 Å². The van der Waals surface area contributed by atoms with E-state index in [0.29, 0.717) is 16.8 Å². The summed E-state index contributed by atoms with van der Waals surface area (Å²) in [7, 11) is 0. The minimum atomic E-state index is -0.0883. The van der Waals surface area contributed by atoms with Crippen LogP contribution in [0.2, 0.25) is 0 Å². The van der Waals surface area contributed by atoms with Gasteiger partial charge in [0.15, 0.2) is 0 Å². The lowest BCUT2D eigenvalue weighted by atomic mass is 10.3. The maximum atomic E-state index is 8.81. The number of aliphatic hydroxyl groups excluding tert-OH is 1. The zero-order valence-corrected chi connectivity index (χ0v) is 10.3. The summed E-state index contributed by atoms with van der Waals surface area (Å²) in [5, 5.41) is 17.4. The second-order valence-corrected chi connectivity index (χ2v) is 5.04. The van der Waals surface area contributed by atoms with Gasteiger partial charge in [0.25, 0.3) is 5.19 Å². The van der Waals surface area contributed by atoms with Crippen molar-refractivity contribution < 1.29 is 9.84 Å². The lowest BCUT2D eigenvalue weighted by Gasteiger charge is -1.99. The number of aromatic nitrogens is 3. The lowest BCUT2D eigenvalue weighted by molar-refractivity contribution is 0.280. The second kappa shape index (κ2) is 5.33. The molecule has 5 nitrogen and oxygen atoms in total. The minimum Gasteiger partial charge on any atom is -0.469 e. The SMILES string of the molecule is Cc1ncsc1CCOc1nnc(CO)s1. The number of aliphatic hydroxyl groups is 1. The molecule has 0 aromatic carbocycles. The van der Waals surface area contributed by atoms with Crippen LogP contribution in [-0.2, 0) is 13.0 Å². The van der Waals surface area contributed by atoms with Gasteiger partial charge < -0.3 is 9.84 Å². The van der Waals surface area contributed by atoms with Gasteiger partial charge in [0.05, 0.1) is 24.4 Å². The standard InChI is InChI=1S/C9H11N3O2S2/c1-6-7(15-5-10-6)2-3-14-9-12-11-8(4-13)16-9/h5,13H,2-4H2,1H3. The third kappa shape index (κ3) is 2.75. The van der Waals surface area contributed by atoms with Gasteiger partial charge in [0.2, 0.25) is 0 Å². The number of thiazole rings is 1. The van der Waals surface area contributed by atoms with Crippen molar-refractivity contribution in [1.29, 1.82) is 0 Å². The average Bonchev–Trinajstić information content (AvgIpc) is 2.89. The Bertz CT molecular complexity index is 455. The Morgan fingerprint density at radius 2 is 2.31 bits per heavy atom. The molecular formula is C9H11N3O2S2. The molecule has 86 valence electrons. The first-order valence-electron chi connectivity index (χ1n) is 4.74. The monoisotopic (exact) mass is 257 g/mol. The van der Waals surface area contributed by atoms with Crippen LogP contribution in [0.15, 0.2) is 5.51 Å². The Balaban J connectivity index is 1.82. The summed E-state index contributed by atoms with van der Waals surface area (Å²) in [6.45, 7) is 2.46. The molecule has 2 rings (SSSR count). The highest BCUT2D eigenvalue weighted by Crippen LogP contribution is 2.18. The number of nitrogens with zero attached hydrogens (tertiary/aromatic N) is 3. The Hall–Kier alpha value is -1.05. The fraction of sp³-hybridized carbons (Fsp3) is 0.444. The van der Waals surface area contributed by atoms with Crippen molar-refractivity contribution in [3.63, 3.8) is 0 Å². The van der Waals surface area contributed by atoms with Gasteiger partial charge in [0.1, 0.15) is 5.01 Å². The molecule has 0 unspecified atom stereocenters. The van der Waals surface area contributed by atoms with Gasteiger partial charge in [-0.3, -0.25) is 0 Å². The van der Waals surface area contributed by atoms with E-state index < -0.39 is 0 Å². The first-order valence-corrected chi connectivity index (χ1v) is 6.44. The van der Waals surface area contributed by atoms with Crippen LogP contribution in [0.4, 0.5) is 0 Å². The van der Waals surface area contributed by atoms with Gasteiger partial charge in [0, 0.05) is 11.3 Å². The summed E-state index contributed by atoms with van der Waals surface area (Å²) in [4.78, 5) is 5.39. The maximum absolute atomic E-state index is 8.81. The molecule has 16 heavy (non-hydrogen) atoms. The molecule has 0 spiro atoms. The first kappa shape index (κ1) is 11.4. The predicted molar refractivity (Wildman–Crippen MR) is 61.9 cm³/mol. The zero-order chi connectivity index (χ0) is 11.4. The molecule has 0 amide bonds. The van der Waals surface area contributed by atoms with Crippen molar-refractivity contribution in [2.24, 2.45) is 0 Å². The van der Waals surface area contributed by atoms with Crippen molar-refractivity contribution in [1.82, 2.24) is 15.2 Å². The smallest absolute Gasteiger partial charge is 0.294 e. The van der Waals surface area contributed by atoms with Crippen LogP contribution in [-0.4, -0.2) is 26.9 Å². The molecule has 0 fully saturated rings. The van der Waals surface area contributed by atoms with E-state index in [1.54, 1.807) is 11.3 Å². The molecule has 0 aliphatic heterocycles. The molecule has 2 heterocycles. The van der Waals surface area contributed by atoms with E-state index in [4.69, 9.17) is 9.84 Å². The van der Waals surface area contributed by atoms with Crippen LogP contribution >= 0.6 is 22.7 Å². The summed E-state index contributed by atoms with van der Waals surface area (Å²) >= 11 is 2.90. The third-order valence-corrected chi connectivity index (χ3v) is 3.80. The number of ether oxygens (including phenoxy) is 1. The van der Waals surface area contributed by atoms with E-state index in [1.807, 2.05) is 12.4 Å². The highest BCUT2D eigenvalue weighted by Gasteiger charge is 2.05. The zero-order valence-electron chi connectivity index (χ0n) is 8.71. The number of hydrogen-bond acceptors (Lipinski definition) is 7. The molecule has 0 radical (unpaired) electrons. The number of aryl methyl sites for hydroxylation is 1. The van der Waals surface area contributed by atoms with Crippen LogP contribution < -0.4 is 4.74 Å². The second-order valence-electron chi connectivity index (χ2n) is 3.08. The molecular weight excluding hydrogens is 246 g/mol. The van der Waals surface area contributed by atoms with Gasteiger partial charge >= 0.3 is 0 Å². The van der Waals surface area contributed by atoms with Gasteiger partial charge in [-0.05, 0) is 6.92 Å². The van der Waals surface area contributed by atoms with E-state index in [9.17, 15) is 0 Å². The van der Waals surface area contributed by atoms with E-state index >= 15 is 0 Å². The topological polar surface area (TPSA) is 68.1 Å². The molecule has 7 heteroatoms. The maximum Gasteiger partial charge on any atom is 0.294 e. The molecule has 2 aromatic heterocycles. The van der Waals surface area contributed by atoms with Gasteiger partial charge in [-0.25, -0.2) is 4.98 Å². The van der Waals surface area contributed by atoms with E-state index in [-0.39, 0.29) is 6.61 Å². The average molecular weight is 257 g/mol. The normalized spacial score (nSPS) is 10.6. The van der Waals surface area contributed by atoms with Gasteiger partial charge in [-0.2, -0.15) is 0 Å². The molecule has 0 atom stereocenters. The Labute approximate surface area is 101 Å². The van der Waals surface area contributed by atoms with E-state index in [0.717, 1.165) is 12.1 Å². The highest BCUT2D eigenvalue weighted by molar-refractivity contribution is 7.13.